The number of anilines is 2. The number of nitrogens with one attached hydrogen (secondary N) is 2. The first-order valence-corrected chi connectivity index (χ1v) is 9.97. The zero-order valence-corrected chi connectivity index (χ0v) is 17.8. The summed E-state index contributed by atoms with van der Waals surface area (Å²) in [4.78, 5) is 28.9. The Morgan fingerprint density at radius 2 is 1.80 bits per heavy atom. The Bertz CT molecular complexity index is 1040. The third-order valence-electron chi connectivity index (χ3n) is 4.73. The summed E-state index contributed by atoms with van der Waals surface area (Å²) < 4.78 is 1.97. The lowest BCUT2D eigenvalue weighted by Crippen LogP contribution is -2.16. The van der Waals surface area contributed by atoms with E-state index in [0.29, 0.717) is 22.9 Å². The maximum atomic E-state index is 12.6. The van der Waals surface area contributed by atoms with E-state index in [4.69, 9.17) is 0 Å². The van der Waals surface area contributed by atoms with Crippen LogP contribution in [0.3, 0.4) is 0 Å². The Labute approximate surface area is 176 Å². The van der Waals surface area contributed by atoms with Gasteiger partial charge in [0.1, 0.15) is 0 Å². The molecule has 0 aliphatic carbocycles. The van der Waals surface area contributed by atoms with Gasteiger partial charge in [0.2, 0.25) is 5.91 Å². The summed E-state index contributed by atoms with van der Waals surface area (Å²) >= 11 is 0. The Balaban J connectivity index is 1.66. The van der Waals surface area contributed by atoms with Gasteiger partial charge in [0.25, 0.3) is 5.91 Å². The first kappa shape index (κ1) is 21.2. The van der Waals surface area contributed by atoms with E-state index in [0.717, 1.165) is 23.5 Å². The number of rotatable bonds is 7. The molecule has 0 saturated heterocycles. The molecular weight excluding hydrogens is 378 g/mol. The maximum Gasteiger partial charge on any atom is 0.257 e. The summed E-state index contributed by atoms with van der Waals surface area (Å²) in [5.74, 6) is 0.103. The van der Waals surface area contributed by atoms with E-state index in [9.17, 15) is 9.59 Å². The second-order valence-corrected chi connectivity index (χ2v) is 7.73. The number of pyridine rings is 1. The molecule has 0 fully saturated rings. The van der Waals surface area contributed by atoms with E-state index < -0.39 is 0 Å². The molecule has 0 aliphatic heterocycles. The van der Waals surface area contributed by atoms with Gasteiger partial charge in [-0.05, 0) is 50.1 Å². The summed E-state index contributed by atoms with van der Waals surface area (Å²) in [6, 6.07) is 10.5. The summed E-state index contributed by atoms with van der Waals surface area (Å²) in [6.45, 7) is 9.04. The number of amides is 2. The molecule has 0 saturated carbocycles. The van der Waals surface area contributed by atoms with Gasteiger partial charge in [-0.15, -0.1) is 0 Å². The van der Waals surface area contributed by atoms with Crippen LogP contribution in [-0.4, -0.2) is 26.6 Å². The molecule has 7 nitrogen and oxygen atoms in total. The fourth-order valence-corrected chi connectivity index (χ4v) is 3.25. The Morgan fingerprint density at radius 3 is 2.47 bits per heavy atom. The minimum Gasteiger partial charge on any atom is -0.326 e. The standard InChI is InChI=1S/C23H27N5O2/c1-15(2)14-28-17(4)21(16(3)27-28)12-22(29)25-19-8-5-9-20(11-19)26-23(30)18-7-6-10-24-13-18/h5-11,13,15H,12,14H2,1-4H3,(H,25,29)(H,26,30). The molecule has 0 radical (unpaired) electrons. The predicted molar refractivity (Wildman–Crippen MR) is 118 cm³/mol. The van der Waals surface area contributed by atoms with E-state index in [1.54, 1.807) is 42.6 Å². The Hall–Kier alpha value is -3.48. The molecule has 3 rings (SSSR count). The second kappa shape index (κ2) is 9.35. The summed E-state index contributed by atoms with van der Waals surface area (Å²) in [6.07, 6.45) is 3.37. The zero-order valence-electron chi connectivity index (χ0n) is 17.8. The van der Waals surface area contributed by atoms with Gasteiger partial charge >= 0.3 is 0 Å². The average molecular weight is 406 g/mol. The molecule has 2 aromatic heterocycles. The maximum absolute atomic E-state index is 12.6. The van der Waals surface area contributed by atoms with Crippen molar-refractivity contribution in [1.29, 1.82) is 0 Å². The summed E-state index contributed by atoms with van der Waals surface area (Å²) in [5, 5.41) is 10.3. The molecule has 7 heteroatoms. The van der Waals surface area contributed by atoms with Crippen LogP contribution in [0, 0.1) is 19.8 Å². The van der Waals surface area contributed by atoms with Crippen molar-refractivity contribution >= 4 is 23.2 Å². The minimum absolute atomic E-state index is 0.124. The third kappa shape index (κ3) is 5.31. The fraction of sp³-hybridized carbons (Fsp3) is 0.304. The highest BCUT2D eigenvalue weighted by Crippen LogP contribution is 2.19. The van der Waals surface area contributed by atoms with Crippen LogP contribution in [0.1, 0.15) is 41.2 Å². The molecule has 30 heavy (non-hydrogen) atoms. The van der Waals surface area contributed by atoms with E-state index in [2.05, 4.69) is 34.6 Å². The van der Waals surface area contributed by atoms with Gasteiger partial charge in [0, 0.05) is 41.6 Å². The first-order chi connectivity index (χ1) is 14.3. The van der Waals surface area contributed by atoms with Crippen LogP contribution in [-0.2, 0) is 17.8 Å². The quantitative estimate of drug-likeness (QED) is 0.622. The smallest absolute Gasteiger partial charge is 0.257 e. The van der Waals surface area contributed by atoms with Gasteiger partial charge in [0.15, 0.2) is 0 Å². The number of aryl methyl sites for hydroxylation is 1. The highest BCUT2D eigenvalue weighted by molar-refractivity contribution is 6.04. The van der Waals surface area contributed by atoms with E-state index >= 15 is 0 Å². The van der Waals surface area contributed by atoms with Crippen molar-refractivity contribution in [2.45, 2.75) is 40.7 Å². The molecule has 0 bridgehead atoms. The lowest BCUT2D eigenvalue weighted by Gasteiger charge is -2.10. The number of aromatic nitrogens is 3. The zero-order chi connectivity index (χ0) is 21.7. The van der Waals surface area contributed by atoms with Gasteiger partial charge in [0.05, 0.1) is 17.7 Å². The predicted octanol–water partition coefficient (Wildman–Crippen LogP) is 3.98. The highest BCUT2D eigenvalue weighted by Gasteiger charge is 2.16. The number of nitrogens with zero attached hydrogens (tertiary/aromatic N) is 3. The van der Waals surface area contributed by atoms with Crippen molar-refractivity contribution in [1.82, 2.24) is 14.8 Å². The third-order valence-corrected chi connectivity index (χ3v) is 4.73. The van der Waals surface area contributed by atoms with Crippen molar-refractivity contribution in [2.75, 3.05) is 10.6 Å². The van der Waals surface area contributed by atoms with Crippen LogP contribution < -0.4 is 10.6 Å². The monoisotopic (exact) mass is 405 g/mol. The van der Waals surface area contributed by atoms with Crippen molar-refractivity contribution in [3.8, 4) is 0 Å². The molecule has 2 amide bonds. The van der Waals surface area contributed by atoms with Gasteiger partial charge < -0.3 is 10.6 Å². The second-order valence-electron chi connectivity index (χ2n) is 7.73. The summed E-state index contributed by atoms with van der Waals surface area (Å²) in [5.41, 5.74) is 4.53. The first-order valence-electron chi connectivity index (χ1n) is 9.97. The molecular formula is C23H27N5O2. The average Bonchev–Trinajstić information content (AvgIpc) is 2.95. The van der Waals surface area contributed by atoms with Crippen LogP contribution in [0.5, 0.6) is 0 Å². The highest BCUT2D eigenvalue weighted by atomic mass is 16.2. The van der Waals surface area contributed by atoms with Crippen LogP contribution >= 0.6 is 0 Å². The van der Waals surface area contributed by atoms with Gasteiger partial charge in [-0.2, -0.15) is 5.10 Å². The molecule has 156 valence electrons. The van der Waals surface area contributed by atoms with Crippen molar-refractivity contribution in [3.05, 3.63) is 71.3 Å². The lowest BCUT2D eigenvalue weighted by molar-refractivity contribution is -0.115. The van der Waals surface area contributed by atoms with Crippen LogP contribution in [0.2, 0.25) is 0 Å². The van der Waals surface area contributed by atoms with Gasteiger partial charge in [-0.1, -0.05) is 19.9 Å². The fourth-order valence-electron chi connectivity index (χ4n) is 3.25. The van der Waals surface area contributed by atoms with Gasteiger partial charge in [-0.3, -0.25) is 19.3 Å². The largest absolute Gasteiger partial charge is 0.326 e. The molecule has 0 unspecified atom stereocenters. The molecule has 0 aliphatic rings. The topological polar surface area (TPSA) is 88.9 Å². The van der Waals surface area contributed by atoms with Gasteiger partial charge in [-0.25, -0.2) is 0 Å². The van der Waals surface area contributed by atoms with Crippen LogP contribution in [0.15, 0.2) is 48.8 Å². The van der Waals surface area contributed by atoms with E-state index in [1.165, 1.54) is 6.20 Å². The van der Waals surface area contributed by atoms with Crippen LogP contribution in [0.4, 0.5) is 11.4 Å². The molecule has 3 aromatic rings. The molecule has 2 N–H and O–H groups in total. The molecule has 0 atom stereocenters. The number of hydrogen-bond acceptors (Lipinski definition) is 4. The summed E-state index contributed by atoms with van der Waals surface area (Å²) in [7, 11) is 0. The lowest BCUT2D eigenvalue weighted by atomic mass is 10.1. The normalized spacial score (nSPS) is 10.8. The van der Waals surface area contributed by atoms with Crippen molar-refractivity contribution < 1.29 is 9.59 Å². The van der Waals surface area contributed by atoms with E-state index in [-0.39, 0.29) is 18.2 Å². The number of carbonyl (C=O) groups excluding carboxylic acids is 2. The molecule has 2 heterocycles. The Kier molecular flexibility index (Phi) is 6.61. The van der Waals surface area contributed by atoms with E-state index in [1.807, 2.05) is 18.5 Å². The molecule has 0 spiro atoms. The van der Waals surface area contributed by atoms with Crippen LogP contribution in [0.25, 0.3) is 0 Å². The molecule has 1 aromatic carbocycles. The Morgan fingerprint density at radius 1 is 1.07 bits per heavy atom. The number of hydrogen-bond donors (Lipinski definition) is 2. The number of carbonyl (C=O) groups is 2. The SMILES string of the molecule is Cc1nn(CC(C)C)c(C)c1CC(=O)Nc1cccc(NC(=O)c2cccnc2)c1. The van der Waals surface area contributed by atoms with Crippen molar-refractivity contribution in [2.24, 2.45) is 5.92 Å². The number of benzene rings is 1. The minimum atomic E-state index is -0.254. The van der Waals surface area contributed by atoms with Crippen molar-refractivity contribution in [3.63, 3.8) is 0 Å².